The van der Waals surface area contributed by atoms with Gasteiger partial charge in [-0.05, 0) is 49.2 Å². The number of aryl methyl sites for hydroxylation is 2. The van der Waals surface area contributed by atoms with Crippen molar-refractivity contribution >= 4 is 45.8 Å². The second-order valence-corrected chi connectivity index (χ2v) is 13.2. The number of esters is 2. The number of ether oxygens (including phenoxy) is 3. The molecule has 12 heteroatoms. The van der Waals surface area contributed by atoms with E-state index in [2.05, 4.69) is 0 Å². The third-order valence-corrected chi connectivity index (χ3v) is 10.1. The molecule has 0 aromatic heterocycles. The first-order valence-electron chi connectivity index (χ1n) is 15.5. The van der Waals surface area contributed by atoms with Crippen molar-refractivity contribution in [2.24, 2.45) is 17.8 Å². The summed E-state index contributed by atoms with van der Waals surface area (Å²) >= 11 is 0. The third-order valence-electron chi connectivity index (χ3n) is 10.1. The normalized spacial score (nSPS) is 25.5. The Balaban J connectivity index is 1.64. The van der Waals surface area contributed by atoms with Gasteiger partial charge >= 0.3 is 11.9 Å². The zero-order valence-electron chi connectivity index (χ0n) is 26.5. The lowest BCUT2D eigenvalue weighted by Crippen LogP contribution is -2.66. The smallest absolute Gasteiger partial charge is 0.302 e. The number of carbonyl (C=O) groups excluding carboxylic acids is 5. The minimum Gasteiger partial charge on any atom is -0.507 e. The number of rotatable bonds is 4. The SMILES string of the molecule is CC(=O)OC[C@H]1CC(=O)c2c3c(c4cc(C)cc(O)c4c2O)OC24C(=O)c5cc(C)cc(O)c5C(O)=C2C(=O)C[C@H](COC(C)=O)[C@H]4[C@@H]31. The van der Waals surface area contributed by atoms with E-state index in [1.165, 1.54) is 32.0 Å². The molecule has 7 rings (SSSR count). The number of hydrogen-bond donors (Lipinski definition) is 4. The largest absolute Gasteiger partial charge is 0.507 e. The number of fused-ring (bicyclic) bond motifs is 4. The molecule has 1 saturated carbocycles. The van der Waals surface area contributed by atoms with Gasteiger partial charge in [-0.25, -0.2) is 0 Å². The van der Waals surface area contributed by atoms with Crippen LogP contribution in [0.2, 0.25) is 0 Å². The van der Waals surface area contributed by atoms with Crippen LogP contribution < -0.4 is 4.74 Å². The van der Waals surface area contributed by atoms with Crippen molar-refractivity contribution in [2.75, 3.05) is 13.2 Å². The number of aliphatic hydroxyl groups is 1. The number of phenols is 3. The quantitative estimate of drug-likeness (QED) is 0.288. The zero-order valence-corrected chi connectivity index (χ0v) is 26.5. The number of Topliss-reactive ketones (excluding diaryl/α,β-unsaturated/α-hetero) is 3. The average Bonchev–Trinajstić information content (AvgIpc) is 2.99. The Morgan fingerprint density at radius 3 is 2.10 bits per heavy atom. The van der Waals surface area contributed by atoms with E-state index in [-0.39, 0.29) is 70.6 Å². The molecule has 1 unspecified atom stereocenters. The summed E-state index contributed by atoms with van der Waals surface area (Å²) < 4.78 is 17.7. The molecule has 0 bridgehead atoms. The number of carbonyl (C=O) groups is 5. The van der Waals surface area contributed by atoms with Crippen LogP contribution in [0.5, 0.6) is 23.0 Å². The van der Waals surface area contributed by atoms with Crippen molar-refractivity contribution in [3.8, 4) is 23.0 Å². The Morgan fingerprint density at radius 2 is 1.44 bits per heavy atom. The number of aromatic hydroxyl groups is 3. The van der Waals surface area contributed by atoms with Crippen molar-refractivity contribution in [1.82, 2.24) is 0 Å². The molecular formula is C36H32O12. The molecule has 0 amide bonds. The second-order valence-electron chi connectivity index (χ2n) is 13.2. The van der Waals surface area contributed by atoms with Gasteiger partial charge in [0.15, 0.2) is 11.6 Å². The van der Waals surface area contributed by atoms with E-state index in [0.29, 0.717) is 11.1 Å². The molecule has 0 radical (unpaired) electrons. The molecule has 5 atom stereocenters. The number of hydrogen-bond acceptors (Lipinski definition) is 12. The van der Waals surface area contributed by atoms with Gasteiger partial charge in [-0.15, -0.1) is 0 Å². The van der Waals surface area contributed by atoms with E-state index in [4.69, 9.17) is 14.2 Å². The van der Waals surface area contributed by atoms with E-state index < -0.39 is 81.4 Å². The van der Waals surface area contributed by atoms with Gasteiger partial charge in [0.1, 0.15) is 28.8 Å². The second kappa shape index (κ2) is 10.6. The number of phenolic OH excluding ortho intramolecular Hbond substituents is 3. The van der Waals surface area contributed by atoms with Crippen LogP contribution in [-0.2, 0) is 23.9 Å². The van der Waals surface area contributed by atoms with Gasteiger partial charge in [0.2, 0.25) is 11.4 Å². The van der Waals surface area contributed by atoms with Crippen LogP contribution in [0.4, 0.5) is 0 Å². The fourth-order valence-electron chi connectivity index (χ4n) is 8.50. The van der Waals surface area contributed by atoms with Crippen LogP contribution in [0, 0.1) is 31.6 Å². The van der Waals surface area contributed by atoms with Gasteiger partial charge in [-0.2, -0.15) is 0 Å². The first-order valence-corrected chi connectivity index (χ1v) is 15.5. The summed E-state index contributed by atoms with van der Waals surface area (Å²) in [6.07, 6.45) is -0.570. The van der Waals surface area contributed by atoms with Crippen molar-refractivity contribution in [2.45, 2.75) is 52.1 Å². The Labute approximate surface area is 273 Å². The Kier molecular flexibility index (Phi) is 6.87. The van der Waals surface area contributed by atoms with Gasteiger partial charge in [0.05, 0.1) is 35.3 Å². The first-order chi connectivity index (χ1) is 22.7. The summed E-state index contributed by atoms with van der Waals surface area (Å²) in [6, 6.07) is 5.80. The van der Waals surface area contributed by atoms with Crippen LogP contribution in [0.25, 0.3) is 16.5 Å². The van der Waals surface area contributed by atoms with Crippen molar-refractivity contribution < 1.29 is 58.6 Å². The van der Waals surface area contributed by atoms with Gasteiger partial charge in [-0.3, -0.25) is 24.0 Å². The predicted molar refractivity (Wildman–Crippen MR) is 167 cm³/mol. The Bertz CT molecular complexity index is 2070. The number of benzene rings is 3. The predicted octanol–water partition coefficient (Wildman–Crippen LogP) is 4.49. The summed E-state index contributed by atoms with van der Waals surface area (Å²) in [5, 5.41) is 45.4. The Morgan fingerprint density at radius 1 is 0.833 bits per heavy atom. The lowest BCUT2D eigenvalue weighted by molar-refractivity contribution is -0.149. The summed E-state index contributed by atoms with van der Waals surface area (Å²) in [6.45, 7) is 5.11. The monoisotopic (exact) mass is 656 g/mol. The number of aliphatic hydroxyl groups excluding tert-OH is 1. The minimum atomic E-state index is -2.29. The molecule has 3 aromatic rings. The highest BCUT2D eigenvalue weighted by Crippen LogP contribution is 2.65. The van der Waals surface area contributed by atoms with Gasteiger partial charge in [-0.1, -0.05) is 0 Å². The molecular weight excluding hydrogens is 624 g/mol. The molecule has 48 heavy (non-hydrogen) atoms. The molecule has 3 aromatic carbocycles. The molecule has 0 saturated heterocycles. The van der Waals surface area contributed by atoms with Crippen LogP contribution >= 0.6 is 0 Å². The maximum Gasteiger partial charge on any atom is 0.302 e. The topological polar surface area (TPSA) is 194 Å². The van der Waals surface area contributed by atoms with Gasteiger partial charge in [0.25, 0.3) is 0 Å². The summed E-state index contributed by atoms with van der Waals surface area (Å²) in [5.41, 5.74) is -1.97. The molecule has 3 aliphatic carbocycles. The summed E-state index contributed by atoms with van der Waals surface area (Å²) in [4.78, 5) is 67.3. The van der Waals surface area contributed by atoms with Crippen molar-refractivity contribution in [3.63, 3.8) is 0 Å². The van der Waals surface area contributed by atoms with Crippen LogP contribution in [-0.4, -0.2) is 68.5 Å². The molecule has 1 fully saturated rings. The standard InChI is InChI=1S/C36H32O12/c1-13-5-19-26(21(39)7-13)32(43)28-23(41)9-17(11-46-15(3)37)25-29(28)34(19)48-36-30(25)18(12-47-16(4)38)10-24(42)31(36)33(44)27-20(35(36)45)6-14(2)8-22(27)40/h5-8,17-18,25,30,39-40,43-44H,9-12H2,1-4H3/t17-,18-,25-,30+,36?/m1/s1. The minimum absolute atomic E-state index is 0.0705. The third kappa shape index (κ3) is 4.17. The Hall–Kier alpha value is -5.39. The fourth-order valence-corrected chi connectivity index (χ4v) is 8.50. The maximum absolute atomic E-state index is 15.1. The van der Waals surface area contributed by atoms with E-state index in [1.54, 1.807) is 19.9 Å². The lowest BCUT2D eigenvalue weighted by atomic mass is 9.51. The number of ketones is 3. The molecule has 4 N–H and O–H groups in total. The zero-order chi connectivity index (χ0) is 34.6. The molecule has 4 aliphatic rings. The van der Waals surface area contributed by atoms with Crippen molar-refractivity contribution in [1.29, 1.82) is 0 Å². The van der Waals surface area contributed by atoms with E-state index >= 15 is 4.79 Å². The molecule has 12 nitrogen and oxygen atoms in total. The van der Waals surface area contributed by atoms with E-state index in [0.717, 1.165) is 0 Å². The lowest BCUT2D eigenvalue weighted by Gasteiger charge is -2.57. The highest BCUT2D eigenvalue weighted by molar-refractivity contribution is 6.22. The highest BCUT2D eigenvalue weighted by atomic mass is 16.5. The van der Waals surface area contributed by atoms with Crippen LogP contribution in [0.3, 0.4) is 0 Å². The average molecular weight is 657 g/mol. The molecule has 1 heterocycles. The van der Waals surface area contributed by atoms with Crippen molar-refractivity contribution in [3.05, 3.63) is 63.2 Å². The van der Waals surface area contributed by atoms with Crippen LogP contribution in [0.1, 0.15) is 75.6 Å². The first kappa shape index (κ1) is 31.2. The highest BCUT2D eigenvalue weighted by Gasteiger charge is 2.69. The van der Waals surface area contributed by atoms with E-state index in [9.17, 15) is 39.6 Å². The maximum atomic E-state index is 15.1. The molecule has 1 spiro atoms. The fraction of sp³-hybridized carbons (Fsp3) is 0.361. The molecule has 1 aliphatic heterocycles. The van der Waals surface area contributed by atoms with Gasteiger partial charge in [0, 0.05) is 66.9 Å². The summed E-state index contributed by atoms with van der Waals surface area (Å²) in [7, 11) is 0. The van der Waals surface area contributed by atoms with E-state index in [1.807, 2.05) is 0 Å². The van der Waals surface area contributed by atoms with Crippen LogP contribution in [0.15, 0.2) is 29.8 Å². The molecule has 248 valence electrons. The summed E-state index contributed by atoms with van der Waals surface area (Å²) in [5.74, 6) is -9.04. The van der Waals surface area contributed by atoms with Gasteiger partial charge < -0.3 is 34.6 Å².